The zero-order valence-electron chi connectivity index (χ0n) is 19.1. The number of phenols is 3. The highest BCUT2D eigenvalue weighted by Gasteiger charge is 2.35. The van der Waals surface area contributed by atoms with Crippen LogP contribution in [0.3, 0.4) is 0 Å². The van der Waals surface area contributed by atoms with Gasteiger partial charge in [-0.1, -0.05) is 0 Å². The third-order valence-corrected chi connectivity index (χ3v) is 6.08. The van der Waals surface area contributed by atoms with Crippen LogP contribution in [0.15, 0.2) is 51.7 Å². The number of hydrogen-bond donors (Lipinski definition) is 4. The molecule has 0 aliphatic carbocycles. The monoisotopic (exact) mass is 492 g/mol. The molecule has 0 radical (unpaired) electrons. The van der Waals surface area contributed by atoms with E-state index in [4.69, 9.17) is 18.6 Å². The van der Waals surface area contributed by atoms with Crippen molar-refractivity contribution in [3.05, 3.63) is 63.8 Å². The highest BCUT2D eigenvalue weighted by Crippen LogP contribution is 2.48. The maximum Gasteiger partial charge on any atom is 0.312 e. The summed E-state index contributed by atoms with van der Waals surface area (Å²) < 4.78 is 22.1. The Labute approximate surface area is 203 Å². The van der Waals surface area contributed by atoms with Crippen LogP contribution < -0.4 is 19.6 Å². The molecule has 1 aromatic heterocycles. The quantitative estimate of drug-likeness (QED) is 0.188. The topological polar surface area (TPSA) is 156 Å². The summed E-state index contributed by atoms with van der Waals surface area (Å²) in [6, 6.07) is 9.80. The van der Waals surface area contributed by atoms with Crippen molar-refractivity contribution in [3.8, 4) is 51.6 Å². The maximum atomic E-state index is 13.2. The number of carbonyl (C=O) groups is 1. The standard InChI is InChI=1S/C26H20O10/c1-33-13-5-12(6-14(8-13)34-2)15-9-20(30)35-19-10-18(29)22-23(31)24(32)25(36-26(22)21(15)19)11-3-4-16(27)17(28)7-11/h3-8,10,15,27-29,32H,9H2,1-2H3/t15-/m0/s1. The van der Waals surface area contributed by atoms with Gasteiger partial charge in [0.25, 0.3) is 0 Å². The summed E-state index contributed by atoms with van der Waals surface area (Å²) in [5, 5.41) is 40.5. The number of fused-ring (bicyclic) bond motifs is 3. The minimum absolute atomic E-state index is 0.0172. The zero-order chi connectivity index (χ0) is 25.7. The van der Waals surface area contributed by atoms with Crippen LogP contribution in [0.4, 0.5) is 0 Å². The first-order chi connectivity index (χ1) is 17.2. The molecule has 184 valence electrons. The van der Waals surface area contributed by atoms with Crippen LogP contribution in [0.5, 0.6) is 40.2 Å². The summed E-state index contributed by atoms with van der Waals surface area (Å²) in [6.07, 6.45) is -0.122. The van der Waals surface area contributed by atoms with Gasteiger partial charge in [-0.15, -0.1) is 0 Å². The van der Waals surface area contributed by atoms with Crippen LogP contribution in [0.2, 0.25) is 0 Å². The minimum Gasteiger partial charge on any atom is -0.507 e. The summed E-state index contributed by atoms with van der Waals surface area (Å²) in [7, 11) is 2.96. The molecule has 10 heteroatoms. The van der Waals surface area contributed by atoms with E-state index in [-0.39, 0.29) is 34.5 Å². The van der Waals surface area contributed by atoms with Crippen molar-refractivity contribution >= 4 is 16.9 Å². The molecule has 36 heavy (non-hydrogen) atoms. The van der Waals surface area contributed by atoms with Crippen molar-refractivity contribution in [2.45, 2.75) is 12.3 Å². The van der Waals surface area contributed by atoms with Crippen LogP contribution in [0.1, 0.15) is 23.5 Å². The van der Waals surface area contributed by atoms with Gasteiger partial charge in [-0.2, -0.15) is 0 Å². The van der Waals surface area contributed by atoms with Crippen molar-refractivity contribution in [3.63, 3.8) is 0 Å². The molecule has 0 amide bonds. The fraction of sp³-hybridized carbons (Fsp3) is 0.154. The SMILES string of the molecule is COc1cc(OC)cc([C@@H]2CC(=O)Oc3cc(O)c4c(=O)c(O)c(-c5ccc(O)c(O)c5)oc4c32)c1. The lowest BCUT2D eigenvalue weighted by Crippen LogP contribution is -2.22. The zero-order valence-corrected chi connectivity index (χ0v) is 19.1. The molecule has 10 nitrogen and oxygen atoms in total. The molecular formula is C26H20O10. The van der Waals surface area contributed by atoms with Gasteiger partial charge in [0.05, 0.1) is 20.6 Å². The maximum absolute atomic E-state index is 13.2. The van der Waals surface area contributed by atoms with E-state index in [1.165, 1.54) is 26.4 Å². The average Bonchev–Trinajstić information content (AvgIpc) is 2.86. The molecule has 0 spiro atoms. The van der Waals surface area contributed by atoms with Gasteiger partial charge in [-0.05, 0) is 35.9 Å². The molecule has 0 saturated carbocycles. The minimum atomic E-state index is -0.932. The van der Waals surface area contributed by atoms with Crippen molar-refractivity contribution < 1.29 is 43.8 Å². The third kappa shape index (κ3) is 3.59. The lowest BCUT2D eigenvalue weighted by atomic mass is 9.84. The molecule has 1 aliphatic heterocycles. The number of rotatable bonds is 4. The Morgan fingerprint density at radius 1 is 0.861 bits per heavy atom. The van der Waals surface area contributed by atoms with Crippen molar-refractivity contribution in [2.75, 3.05) is 14.2 Å². The van der Waals surface area contributed by atoms with Crippen molar-refractivity contribution in [1.82, 2.24) is 0 Å². The molecule has 5 rings (SSSR count). The van der Waals surface area contributed by atoms with Crippen LogP contribution in [-0.4, -0.2) is 40.6 Å². The van der Waals surface area contributed by atoms with E-state index in [0.717, 1.165) is 12.1 Å². The van der Waals surface area contributed by atoms with Gasteiger partial charge in [0.15, 0.2) is 17.3 Å². The molecule has 4 aromatic rings. The summed E-state index contributed by atoms with van der Waals surface area (Å²) in [4.78, 5) is 25.7. The first-order valence-electron chi connectivity index (χ1n) is 10.7. The van der Waals surface area contributed by atoms with Gasteiger partial charge in [-0.25, -0.2) is 0 Å². The van der Waals surface area contributed by atoms with E-state index in [1.54, 1.807) is 18.2 Å². The average molecular weight is 492 g/mol. The highest BCUT2D eigenvalue weighted by molar-refractivity contribution is 5.94. The first kappa shape index (κ1) is 22.9. The van der Waals surface area contributed by atoms with E-state index in [0.29, 0.717) is 22.6 Å². The van der Waals surface area contributed by atoms with Gasteiger partial charge in [-0.3, -0.25) is 9.59 Å². The highest BCUT2D eigenvalue weighted by atomic mass is 16.5. The lowest BCUT2D eigenvalue weighted by Gasteiger charge is -2.26. The molecule has 0 fully saturated rings. The number of methoxy groups -OCH3 is 2. The fourth-order valence-corrected chi connectivity index (χ4v) is 4.36. The van der Waals surface area contributed by atoms with E-state index in [2.05, 4.69) is 0 Å². The van der Waals surface area contributed by atoms with Gasteiger partial charge in [0, 0.05) is 29.2 Å². The van der Waals surface area contributed by atoms with E-state index >= 15 is 0 Å². The number of hydrogen-bond acceptors (Lipinski definition) is 10. The van der Waals surface area contributed by atoms with Crippen LogP contribution in [-0.2, 0) is 4.79 Å². The Morgan fingerprint density at radius 2 is 1.56 bits per heavy atom. The molecular weight excluding hydrogens is 472 g/mol. The summed E-state index contributed by atoms with van der Waals surface area (Å²) in [5.41, 5.74) is -0.0753. The van der Waals surface area contributed by atoms with Crippen molar-refractivity contribution in [1.29, 1.82) is 0 Å². The lowest BCUT2D eigenvalue weighted by molar-refractivity contribution is -0.135. The number of ether oxygens (including phenoxy) is 3. The van der Waals surface area contributed by atoms with E-state index in [1.807, 2.05) is 0 Å². The summed E-state index contributed by atoms with van der Waals surface area (Å²) in [6.45, 7) is 0. The Morgan fingerprint density at radius 3 is 2.19 bits per heavy atom. The van der Waals surface area contributed by atoms with Gasteiger partial charge in [0.1, 0.15) is 34.0 Å². The van der Waals surface area contributed by atoms with Gasteiger partial charge >= 0.3 is 5.97 Å². The second-order valence-electron chi connectivity index (χ2n) is 8.20. The molecule has 2 heterocycles. The van der Waals surface area contributed by atoms with E-state index < -0.39 is 40.3 Å². The molecule has 0 bridgehead atoms. The molecule has 3 aromatic carbocycles. The first-order valence-corrected chi connectivity index (χ1v) is 10.7. The Hall–Kier alpha value is -4.86. The van der Waals surface area contributed by atoms with Crippen molar-refractivity contribution in [2.24, 2.45) is 0 Å². The summed E-state index contributed by atoms with van der Waals surface area (Å²) in [5.74, 6) is -2.93. The normalized spacial score (nSPS) is 14.8. The molecule has 4 N–H and O–H groups in total. The van der Waals surface area contributed by atoms with Crippen LogP contribution >= 0.6 is 0 Å². The largest absolute Gasteiger partial charge is 0.507 e. The van der Waals surface area contributed by atoms with Crippen LogP contribution in [0, 0.1) is 0 Å². The number of phenolic OH excluding ortho intramolecular Hbond substituents is 3. The Balaban J connectivity index is 1.85. The predicted molar refractivity (Wildman–Crippen MR) is 126 cm³/mol. The predicted octanol–water partition coefficient (Wildman–Crippen LogP) is 3.74. The molecule has 0 saturated heterocycles. The number of esters is 1. The second-order valence-corrected chi connectivity index (χ2v) is 8.20. The third-order valence-electron chi connectivity index (χ3n) is 6.08. The Bertz CT molecular complexity index is 1580. The molecule has 1 atom stereocenters. The smallest absolute Gasteiger partial charge is 0.312 e. The number of aromatic hydroxyl groups is 4. The van der Waals surface area contributed by atoms with Gasteiger partial charge < -0.3 is 39.1 Å². The fourth-order valence-electron chi connectivity index (χ4n) is 4.36. The Kier molecular flexibility index (Phi) is 5.36. The summed E-state index contributed by atoms with van der Waals surface area (Å²) >= 11 is 0. The van der Waals surface area contributed by atoms with Crippen LogP contribution in [0.25, 0.3) is 22.3 Å². The second kappa shape index (κ2) is 8.42. The molecule has 0 unspecified atom stereocenters. The number of carbonyl (C=O) groups excluding carboxylic acids is 1. The van der Waals surface area contributed by atoms with Gasteiger partial charge in [0.2, 0.25) is 11.2 Å². The van der Waals surface area contributed by atoms with E-state index in [9.17, 15) is 30.0 Å². The number of benzene rings is 3. The molecule has 1 aliphatic rings.